The fraction of sp³-hybridized carbons (Fsp3) is 0.400. The quantitative estimate of drug-likeness (QED) is 0.548. The molecule has 2 atom stereocenters. The lowest BCUT2D eigenvalue weighted by Gasteiger charge is -2.16. The number of H-pyrrole nitrogens is 1. The monoisotopic (exact) mass is 209 g/mol. The highest BCUT2D eigenvalue weighted by molar-refractivity contribution is 5.76. The summed E-state index contributed by atoms with van der Waals surface area (Å²) in [6.45, 7) is 5.48. The van der Waals surface area contributed by atoms with Crippen LogP contribution in [-0.2, 0) is 9.53 Å². The number of carbonyl (C=O) groups is 1. The Bertz CT molecular complexity index is 321. The van der Waals surface area contributed by atoms with Gasteiger partial charge in [-0.15, -0.1) is 0 Å². The number of nitrogens with one attached hydrogen (secondary N) is 1. The molecule has 0 aliphatic heterocycles. The van der Waals surface area contributed by atoms with E-state index in [2.05, 4.69) is 16.5 Å². The summed E-state index contributed by atoms with van der Waals surface area (Å²) in [7, 11) is 0. The average molecular weight is 209 g/mol. The fourth-order valence-corrected chi connectivity index (χ4v) is 1.15. The number of carbonyl (C=O) groups excluding carboxylic acids is 1. The SMILES string of the molecule is C=CCOC(=O)C(N)C(C)c1cnc[nH]1. The average Bonchev–Trinajstić information content (AvgIpc) is 2.77. The molecule has 15 heavy (non-hydrogen) atoms. The van der Waals surface area contributed by atoms with Crippen LogP contribution in [0, 0.1) is 0 Å². The molecule has 0 fully saturated rings. The first kappa shape index (κ1) is 11.5. The van der Waals surface area contributed by atoms with E-state index in [1.54, 1.807) is 12.5 Å². The van der Waals surface area contributed by atoms with Gasteiger partial charge in [0.05, 0.1) is 6.33 Å². The van der Waals surface area contributed by atoms with Crippen molar-refractivity contribution in [3.63, 3.8) is 0 Å². The molecule has 1 heterocycles. The van der Waals surface area contributed by atoms with Gasteiger partial charge in [-0.25, -0.2) is 4.98 Å². The first-order valence-electron chi connectivity index (χ1n) is 4.68. The summed E-state index contributed by atoms with van der Waals surface area (Å²) >= 11 is 0. The molecule has 3 N–H and O–H groups in total. The molecule has 5 heteroatoms. The van der Waals surface area contributed by atoms with Gasteiger partial charge in [-0.1, -0.05) is 19.6 Å². The molecule has 1 aromatic rings. The fourth-order valence-electron chi connectivity index (χ4n) is 1.15. The van der Waals surface area contributed by atoms with E-state index in [-0.39, 0.29) is 12.5 Å². The Hall–Kier alpha value is -1.62. The summed E-state index contributed by atoms with van der Waals surface area (Å²) in [5.74, 6) is -0.582. The van der Waals surface area contributed by atoms with Crippen LogP contribution >= 0.6 is 0 Å². The van der Waals surface area contributed by atoms with Crippen molar-refractivity contribution in [1.82, 2.24) is 9.97 Å². The van der Waals surface area contributed by atoms with Gasteiger partial charge >= 0.3 is 5.97 Å². The van der Waals surface area contributed by atoms with Crippen LogP contribution in [0.4, 0.5) is 0 Å². The minimum atomic E-state index is -0.689. The van der Waals surface area contributed by atoms with Gasteiger partial charge in [0, 0.05) is 17.8 Å². The van der Waals surface area contributed by atoms with E-state index in [9.17, 15) is 4.79 Å². The maximum Gasteiger partial charge on any atom is 0.323 e. The number of ether oxygens (including phenoxy) is 1. The second-order valence-electron chi connectivity index (χ2n) is 3.24. The molecule has 0 saturated carbocycles. The Balaban J connectivity index is 2.56. The van der Waals surface area contributed by atoms with E-state index in [0.29, 0.717) is 0 Å². The van der Waals surface area contributed by atoms with Gasteiger partial charge in [-0.2, -0.15) is 0 Å². The van der Waals surface area contributed by atoms with Crippen LogP contribution in [0.1, 0.15) is 18.5 Å². The third-order valence-electron chi connectivity index (χ3n) is 2.16. The summed E-state index contributed by atoms with van der Waals surface area (Å²) in [6.07, 6.45) is 4.70. The van der Waals surface area contributed by atoms with E-state index >= 15 is 0 Å². The van der Waals surface area contributed by atoms with Crippen molar-refractivity contribution in [1.29, 1.82) is 0 Å². The van der Waals surface area contributed by atoms with Gasteiger partial charge in [0.15, 0.2) is 0 Å². The highest BCUT2D eigenvalue weighted by Gasteiger charge is 2.24. The summed E-state index contributed by atoms with van der Waals surface area (Å²) in [6, 6.07) is -0.689. The summed E-state index contributed by atoms with van der Waals surface area (Å²) in [4.78, 5) is 18.2. The zero-order valence-corrected chi connectivity index (χ0v) is 8.64. The van der Waals surface area contributed by atoms with Gasteiger partial charge < -0.3 is 15.5 Å². The Morgan fingerprint density at radius 1 is 1.87 bits per heavy atom. The van der Waals surface area contributed by atoms with Crippen LogP contribution in [0.25, 0.3) is 0 Å². The van der Waals surface area contributed by atoms with E-state index < -0.39 is 12.0 Å². The number of hydrogen-bond donors (Lipinski definition) is 2. The number of aromatic amines is 1. The maximum absolute atomic E-state index is 11.4. The molecule has 82 valence electrons. The number of nitrogens with two attached hydrogens (primary N) is 1. The number of hydrogen-bond acceptors (Lipinski definition) is 4. The minimum Gasteiger partial charge on any atom is -0.460 e. The topological polar surface area (TPSA) is 81.0 Å². The zero-order valence-electron chi connectivity index (χ0n) is 8.64. The van der Waals surface area contributed by atoms with Gasteiger partial charge in [0.25, 0.3) is 0 Å². The molecular weight excluding hydrogens is 194 g/mol. The summed E-state index contributed by atoms with van der Waals surface area (Å²) in [5.41, 5.74) is 6.55. The second kappa shape index (κ2) is 5.31. The van der Waals surface area contributed by atoms with Crippen LogP contribution in [0.5, 0.6) is 0 Å². The van der Waals surface area contributed by atoms with E-state index in [4.69, 9.17) is 10.5 Å². The minimum absolute atomic E-state index is 0.148. The van der Waals surface area contributed by atoms with Crippen LogP contribution in [0.3, 0.4) is 0 Å². The smallest absolute Gasteiger partial charge is 0.323 e. The Morgan fingerprint density at radius 2 is 2.60 bits per heavy atom. The number of rotatable bonds is 5. The Morgan fingerprint density at radius 3 is 3.13 bits per heavy atom. The zero-order chi connectivity index (χ0) is 11.3. The lowest BCUT2D eigenvalue weighted by molar-refractivity contribution is -0.144. The number of imidazole rings is 1. The third-order valence-corrected chi connectivity index (χ3v) is 2.16. The van der Waals surface area contributed by atoms with Crippen LogP contribution in [0.15, 0.2) is 25.2 Å². The van der Waals surface area contributed by atoms with E-state index in [1.165, 1.54) is 6.08 Å². The van der Waals surface area contributed by atoms with Crippen molar-refractivity contribution in [2.24, 2.45) is 5.73 Å². The molecule has 0 aliphatic carbocycles. The largest absolute Gasteiger partial charge is 0.460 e. The predicted octanol–water partition coefficient (Wildman–Crippen LogP) is 0.570. The molecule has 1 aromatic heterocycles. The molecule has 0 saturated heterocycles. The normalized spacial score (nSPS) is 14.3. The van der Waals surface area contributed by atoms with E-state index in [0.717, 1.165) is 5.69 Å². The van der Waals surface area contributed by atoms with Crippen molar-refractivity contribution in [2.75, 3.05) is 6.61 Å². The highest BCUT2D eigenvalue weighted by Crippen LogP contribution is 2.15. The van der Waals surface area contributed by atoms with Gasteiger partial charge in [0.1, 0.15) is 12.6 Å². The van der Waals surface area contributed by atoms with Gasteiger partial charge in [-0.05, 0) is 0 Å². The van der Waals surface area contributed by atoms with Crippen molar-refractivity contribution in [2.45, 2.75) is 18.9 Å². The molecule has 0 amide bonds. The highest BCUT2D eigenvalue weighted by atomic mass is 16.5. The standard InChI is InChI=1S/C10H15N3O2/c1-3-4-15-10(14)9(11)7(2)8-5-12-6-13-8/h3,5-7,9H,1,4,11H2,2H3,(H,12,13). The number of nitrogens with zero attached hydrogens (tertiary/aromatic N) is 1. The predicted molar refractivity (Wildman–Crippen MR) is 56.1 cm³/mol. The number of esters is 1. The third kappa shape index (κ3) is 2.92. The molecule has 0 aliphatic rings. The van der Waals surface area contributed by atoms with Gasteiger partial charge in [0.2, 0.25) is 0 Å². The molecule has 0 radical (unpaired) electrons. The molecule has 1 rings (SSSR count). The maximum atomic E-state index is 11.4. The Labute approximate surface area is 88.3 Å². The van der Waals surface area contributed by atoms with E-state index in [1.807, 2.05) is 6.92 Å². The number of aromatic nitrogens is 2. The Kier molecular flexibility index (Phi) is 4.05. The second-order valence-corrected chi connectivity index (χ2v) is 3.24. The molecule has 0 bridgehead atoms. The van der Waals surface area contributed by atoms with Crippen molar-refractivity contribution >= 4 is 5.97 Å². The first-order valence-corrected chi connectivity index (χ1v) is 4.68. The van der Waals surface area contributed by atoms with Crippen LogP contribution in [-0.4, -0.2) is 28.6 Å². The molecule has 2 unspecified atom stereocenters. The van der Waals surface area contributed by atoms with Crippen molar-refractivity contribution in [3.8, 4) is 0 Å². The lowest BCUT2D eigenvalue weighted by Crippen LogP contribution is -2.37. The lowest BCUT2D eigenvalue weighted by atomic mass is 10.00. The molecular formula is C10H15N3O2. The summed E-state index contributed by atoms with van der Waals surface area (Å²) in [5, 5.41) is 0. The molecule has 0 spiro atoms. The van der Waals surface area contributed by atoms with Crippen LogP contribution < -0.4 is 5.73 Å². The van der Waals surface area contributed by atoms with Crippen LogP contribution in [0.2, 0.25) is 0 Å². The molecule has 5 nitrogen and oxygen atoms in total. The molecule has 0 aromatic carbocycles. The first-order chi connectivity index (χ1) is 7.16. The van der Waals surface area contributed by atoms with Crippen molar-refractivity contribution < 1.29 is 9.53 Å². The van der Waals surface area contributed by atoms with Crippen molar-refractivity contribution in [3.05, 3.63) is 30.9 Å². The summed E-state index contributed by atoms with van der Waals surface area (Å²) < 4.78 is 4.86. The van der Waals surface area contributed by atoms with Gasteiger partial charge in [-0.3, -0.25) is 4.79 Å².